The van der Waals surface area contributed by atoms with Crippen LogP contribution in [0.5, 0.6) is 11.5 Å². The van der Waals surface area contributed by atoms with Crippen LogP contribution in [0, 0.1) is 5.92 Å². The second-order valence-corrected chi connectivity index (χ2v) is 5.51. The number of anilines is 2. The van der Waals surface area contributed by atoms with E-state index in [9.17, 15) is 0 Å². The lowest BCUT2D eigenvalue weighted by Gasteiger charge is -2.23. The molecule has 3 rings (SSSR count). The van der Waals surface area contributed by atoms with Gasteiger partial charge in [0.15, 0.2) is 11.5 Å². The molecule has 1 atom stereocenters. The Labute approximate surface area is 114 Å². The summed E-state index contributed by atoms with van der Waals surface area (Å²) in [4.78, 5) is 0. The Morgan fingerprint density at radius 2 is 1.95 bits per heavy atom. The Kier molecular flexibility index (Phi) is 3.40. The van der Waals surface area contributed by atoms with Crippen molar-refractivity contribution in [3.8, 4) is 11.5 Å². The SMILES string of the molecule is CCC(CC1CC1)Nc1cc2c(cc1N)OCCO2. The van der Waals surface area contributed by atoms with Gasteiger partial charge < -0.3 is 20.5 Å². The van der Waals surface area contributed by atoms with E-state index in [4.69, 9.17) is 15.2 Å². The summed E-state index contributed by atoms with van der Waals surface area (Å²) < 4.78 is 11.1. The molecule has 1 aromatic carbocycles. The highest BCUT2D eigenvalue weighted by atomic mass is 16.6. The third-order valence-electron chi connectivity index (χ3n) is 3.88. The molecule has 1 unspecified atom stereocenters. The number of hydrogen-bond acceptors (Lipinski definition) is 4. The molecule has 0 saturated heterocycles. The molecule has 0 spiro atoms. The number of nitrogens with two attached hydrogens (primary N) is 1. The van der Waals surface area contributed by atoms with E-state index in [0.29, 0.717) is 19.3 Å². The zero-order chi connectivity index (χ0) is 13.2. The minimum atomic E-state index is 0.498. The quantitative estimate of drug-likeness (QED) is 0.801. The van der Waals surface area contributed by atoms with Crippen LogP contribution in [0.15, 0.2) is 12.1 Å². The van der Waals surface area contributed by atoms with E-state index >= 15 is 0 Å². The van der Waals surface area contributed by atoms with Gasteiger partial charge in [-0.1, -0.05) is 19.8 Å². The van der Waals surface area contributed by atoms with Crippen LogP contribution < -0.4 is 20.5 Å². The van der Waals surface area contributed by atoms with Gasteiger partial charge in [0, 0.05) is 18.2 Å². The summed E-state index contributed by atoms with van der Waals surface area (Å²) in [5.41, 5.74) is 7.80. The van der Waals surface area contributed by atoms with E-state index in [2.05, 4.69) is 12.2 Å². The third kappa shape index (κ3) is 2.88. The number of rotatable bonds is 5. The molecule has 4 heteroatoms. The van der Waals surface area contributed by atoms with Crippen molar-refractivity contribution in [2.75, 3.05) is 24.3 Å². The fourth-order valence-electron chi connectivity index (χ4n) is 2.53. The van der Waals surface area contributed by atoms with Crippen LogP contribution in [0.1, 0.15) is 32.6 Å². The second-order valence-electron chi connectivity index (χ2n) is 5.51. The van der Waals surface area contributed by atoms with Gasteiger partial charge in [-0.05, 0) is 18.8 Å². The van der Waals surface area contributed by atoms with Crippen LogP contribution >= 0.6 is 0 Å². The molecule has 1 aliphatic carbocycles. The standard InChI is InChI=1S/C15H22N2O2/c1-2-11(7-10-3-4-10)17-13-9-15-14(8-12(13)16)18-5-6-19-15/h8-11,17H,2-7,16H2,1H3. The summed E-state index contributed by atoms with van der Waals surface area (Å²) in [6, 6.07) is 4.33. The normalized spacial score (nSPS) is 19.0. The lowest BCUT2D eigenvalue weighted by atomic mass is 10.1. The van der Waals surface area contributed by atoms with Gasteiger partial charge in [0.1, 0.15) is 13.2 Å². The average molecular weight is 262 g/mol. The highest BCUT2D eigenvalue weighted by molar-refractivity contribution is 5.72. The van der Waals surface area contributed by atoms with Gasteiger partial charge in [0.05, 0.1) is 11.4 Å². The van der Waals surface area contributed by atoms with Crippen LogP contribution in [0.4, 0.5) is 11.4 Å². The molecule has 1 aromatic rings. The molecule has 19 heavy (non-hydrogen) atoms. The van der Waals surface area contributed by atoms with Gasteiger partial charge in [-0.3, -0.25) is 0 Å². The van der Waals surface area contributed by atoms with Crippen molar-refractivity contribution in [2.24, 2.45) is 5.92 Å². The first-order valence-corrected chi connectivity index (χ1v) is 7.22. The molecule has 3 N–H and O–H groups in total. The molecule has 1 saturated carbocycles. The molecule has 104 valence electrons. The van der Waals surface area contributed by atoms with Crippen LogP contribution in [0.25, 0.3) is 0 Å². The minimum Gasteiger partial charge on any atom is -0.486 e. The fourth-order valence-corrected chi connectivity index (χ4v) is 2.53. The maximum Gasteiger partial charge on any atom is 0.163 e. The Hall–Kier alpha value is -1.58. The highest BCUT2D eigenvalue weighted by Crippen LogP contribution is 2.39. The summed E-state index contributed by atoms with van der Waals surface area (Å²) >= 11 is 0. The highest BCUT2D eigenvalue weighted by Gasteiger charge is 2.25. The van der Waals surface area contributed by atoms with E-state index in [0.717, 1.165) is 35.2 Å². The maximum absolute atomic E-state index is 6.10. The Bertz CT molecular complexity index is 458. The summed E-state index contributed by atoms with van der Waals surface area (Å²) in [5, 5.41) is 3.56. The number of hydrogen-bond donors (Lipinski definition) is 2. The van der Waals surface area contributed by atoms with Crippen LogP contribution in [0.2, 0.25) is 0 Å². The molecule has 2 aliphatic rings. The number of fused-ring (bicyclic) bond motifs is 1. The summed E-state index contributed by atoms with van der Waals surface area (Å²) in [6.07, 6.45) is 5.12. The fraction of sp³-hybridized carbons (Fsp3) is 0.600. The lowest BCUT2D eigenvalue weighted by Crippen LogP contribution is -2.21. The van der Waals surface area contributed by atoms with E-state index < -0.39 is 0 Å². The van der Waals surface area contributed by atoms with Gasteiger partial charge in [0.2, 0.25) is 0 Å². The monoisotopic (exact) mass is 262 g/mol. The number of nitrogen functional groups attached to an aromatic ring is 1. The van der Waals surface area contributed by atoms with Crippen molar-refractivity contribution in [1.82, 2.24) is 0 Å². The molecule has 0 aromatic heterocycles. The molecule has 0 radical (unpaired) electrons. The van der Waals surface area contributed by atoms with E-state index in [1.54, 1.807) is 0 Å². The van der Waals surface area contributed by atoms with Crippen molar-refractivity contribution < 1.29 is 9.47 Å². The van der Waals surface area contributed by atoms with Crippen molar-refractivity contribution in [2.45, 2.75) is 38.6 Å². The number of ether oxygens (including phenoxy) is 2. The molecule has 1 fully saturated rings. The Morgan fingerprint density at radius 3 is 2.58 bits per heavy atom. The average Bonchev–Trinajstić information content (AvgIpc) is 3.22. The van der Waals surface area contributed by atoms with E-state index in [1.807, 2.05) is 12.1 Å². The van der Waals surface area contributed by atoms with Crippen molar-refractivity contribution in [3.63, 3.8) is 0 Å². The zero-order valence-corrected chi connectivity index (χ0v) is 11.4. The molecule has 1 aliphatic heterocycles. The number of benzene rings is 1. The third-order valence-corrected chi connectivity index (χ3v) is 3.88. The van der Waals surface area contributed by atoms with Crippen LogP contribution in [-0.2, 0) is 0 Å². The first-order chi connectivity index (χ1) is 9.26. The molecular weight excluding hydrogens is 240 g/mol. The summed E-state index contributed by atoms with van der Waals surface area (Å²) in [6.45, 7) is 3.42. The topological polar surface area (TPSA) is 56.5 Å². The first kappa shape index (κ1) is 12.5. The van der Waals surface area contributed by atoms with Crippen molar-refractivity contribution in [1.29, 1.82) is 0 Å². The van der Waals surface area contributed by atoms with Gasteiger partial charge in [0.25, 0.3) is 0 Å². The predicted octanol–water partition coefficient (Wildman–Crippen LogP) is 3.03. The predicted molar refractivity (Wildman–Crippen MR) is 76.9 cm³/mol. The molecule has 1 heterocycles. The van der Waals surface area contributed by atoms with Gasteiger partial charge in [-0.2, -0.15) is 0 Å². The summed E-state index contributed by atoms with van der Waals surface area (Å²) in [5.74, 6) is 2.46. The van der Waals surface area contributed by atoms with Crippen molar-refractivity contribution >= 4 is 11.4 Å². The molecular formula is C15H22N2O2. The number of nitrogens with one attached hydrogen (secondary N) is 1. The first-order valence-electron chi connectivity index (χ1n) is 7.22. The van der Waals surface area contributed by atoms with Crippen molar-refractivity contribution in [3.05, 3.63) is 12.1 Å². The van der Waals surface area contributed by atoms with Gasteiger partial charge in [-0.15, -0.1) is 0 Å². The van der Waals surface area contributed by atoms with Gasteiger partial charge in [-0.25, -0.2) is 0 Å². The van der Waals surface area contributed by atoms with E-state index in [-0.39, 0.29) is 0 Å². The second kappa shape index (κ2) is 5.19. The smallest absolute Gasteiger partial charge is 0.163 e. The summed E-state index contributed by atoms with van der Waals surface area (Å²) in [7, 11) is 0. The van der Waals surface area contributed by atoms with Crippen LogP contribution in [0.3, 0.4) is 0 Å². The van der Waals surface area contributed by atoms with Gasteiger partial charge >= 0.3 is 0 Å². The largest absolute Gasteiger partial charge is 0.486 e. The molecule has 0 amide bonds. The van der Waals surface area contributed by atoms with Crippen LogP contribution in [-0.4, -0.2) is 19.3 Å². The molecule has 4 nitrogen and oxygen atoms in total. The Balaban J connectivity index is 1.75. The Morgan fingerprint density at radius 1 is 1.26 bits per heavy atom. The van der Waals surface area contributed by atoms with E-state index in [1.165, 1.54) is 19.3 Å². The molecule has 0 bridgehead atoms. The lowest BCUT2D eigenvalue weighted by molar-refractivity contribution is 0.172. The maximum atomic E-state index is 6.10. The minimum absolute atomic E-state index is 0.498. The zero-order valence-electron chi connectivity index (χ0n) is 11.4.